The molecule has 1 rings (SSSR count). The van der Waals surface area contributed by atoms with Gasteiger partial charge in [-0.1, -0.05) is 13.8 Å². The fraction of sp³-hybridized carbons (Fsp3) is 0.900. The van der Waals surface area contributed by atoms with Crippen molar-refractivity contribution in [2.45, 2.75) is 26.0 Å². The summed E-state index contributed by atoms with van der Waals surface area (Å²) in [5, 5.41) is 18.0. The summed E-state index contributed by atoms with van der Waals surface area (Å²) >= 11 is 0. The van der Waals surface area contributed by atoms with Gasteiger partial charge in [-0.2, -0.15) is 0 Å². The van der Waals surface area contributed by atoms with Gasteiger partial charge in [0.25, 0.3) is 0 Å². The van der Waals surface area contributed by atoms with Gasteiger partial charge in [0.1, 0.15) is 0 Å². The van der Waals surface area contributed by atoms with E-state index < -0.39 is 6.10 Å². The number of rotatable bonds is 4. The van der Waals surface area contributed by atoms with Gasteiger partial charge in [-0.15, -0.1) is 0 Å². The monoisotopic (exact) mass is 216 g/mol. The van der Waals surface area contributed by atoms with E-state index in [1.165, 1.54) is 0 Å². The van der Waals surface area contributed by atoms with Gasteiger partial charge in [-0.05, 0) is 5.92 Å². The summed E-state index contributed by atoms with van der Waals surface area (Å²) in [5.41, 5.74) is 0. The Bertz CT molecular complexity index is 233. The molecule has 88 valence electrons. The van der Waals surface area contributed by atoms with Gasteiger partial charge in [-0.3, -0.25) is 0 Å². The van der Waals surface area contributed by atoms with Gasteiger partial charge in [0, 0.05) is 13.6 Å². The first-order chi connectivity index (χ1) is 6.97. The van der Waals surface area contributed by atoms with E-state index in [4.69, 9.17) is 5.11 Å². The van der Waals surface area contributed by atoms with Crippen molar-refractivity contribution in [1.29, 1.82) is 0 Å². The Morgan fingerprint density at radius 2 is 2.13 bits per heavy atom. The Labute approximate surface area is 90.3 Å². The number of carbonyl (C=O) groups excluding carboxylic acids is 1. The van der Waals surface area contributed by atoms with Gasteiger partial charge in [0.15, 0.2) is 0 Å². The van der Waals surface area contributed by atoms with Crippen molar-refractivity contribution in [3.63, 3.8) is 0 Å². The van der Waals surface area contributed by atoms with E-state index in [2.05, 4.69) is 13.8 Å². The zero-order chi connectivity index (χ0) is 11.6. The van der Waals surface area contributed by atoms with E-state index in [9.17, 15) is 9.90 Å². The second-order valence-electron chi connectivity index (χ2n) is 4.45. The largest absolute Gasteiger partial charge is 0.394 e. The fourth-order valence-electron chi connectivity index (χ4n) is 1.91. The van der Waals surface area contributed by atoms with Gasteiger partial charge >= 0.3 is 6.03 Å². The zero-order valence-corrected chi connectivity index (χ0v) is 9.55. The maximum atomic E-state index is 11.7. The molecular formula is C10H20N2O3. The molecule has 15 heavy (non-hydrogen) atoms. The molecule has 5 nitrogen and oxygen atoms in total. The van der Waals surface area contributed by atoms with E-state index >= 15 is 0 Å². The molecule has 1 aliphatic heterocycles. The van der Waals surface area contributed by atoms with Crippen LogP contribution in [0.4, 0.5) is 4.79 Å². The lowest BCUT2D eigenvalue weighted by molar-refractivity contribution is 0.0714. The summed E-state index contributed by atoms with van der Waals surface area (Å²) in [6.45, 7) is 4.67. The van der Waals surface area contributed by atoms with Gasteiger partial charge in [-0.25, -0.2) is 4.79 Å². The van der Waals surface area contributed by atoms with Crippen molar-refractivity contribution < 1.29 is 15.0 Å². The average molecular weight is 216 g/mol. The van der Waals surface area contributed by atoms with E-state index in [-0.39, 0.29) is 25.2 Å². The van der Waals surface area contributed by atoms with Crippen LogP contribution in [0, 0.1) is 5.92 Å². The van der Waals surface area contributed by atoms with Gasteiger partial charge in [0.05, 0.1) is 25.3 Å². The Morgan fingerprint density at radius 3 is 2.53 bits per heavy atom. The van der Waals surface area contributed by atoms with Crippen LogP contribution in [-0.2, 0) is 0 Å². The molecule has 2 N–H and O–H groups in total. The van der Waals surface area contributed by atoms with E-state index in [1.807, 2.05) is 0 Å². The predicted octanol–water partition coefficient (Wildman–Crippen LogP) is -0.268. The van der Waals surface area contributed by atoms with Crippen LogP contribution in [0.5, 0.6) is 0 Å². The first kappa shape index (κ1) is 12.3. The number of hydrogen-bond acceptors (Lipinski definition) is 3. The molecule has 1 aliphatic rings. The molecule has 0 aromatic heterocycles. The van der Waals surface area contributed by atoms with Crippen molar-refractivity contribution in [1.82, 2.24) is 9.80 Å². The Morgan fingerprint density at radius 1 is 1.53 bits per heavy atom. The van der Waals surface area contributed by atoms with Gasteiger partial charge < -0.3 is 20.0 Å². The van der Waals surface area contributed by atoms with Crippen LogP contribution in [0.2, 0.25) is 0 Å². The summed E-state index contributed by atoms with van der Waals surface area (Å²) in [7, 11) is 1.78. The fourth-order valence-corrected chi connectivity index (χ4v) is 1.91. The number of aliphatic hydroxyl groups is 2. The molecule has 0 bridgehead atoms. The lowest BCUT2D eigenvalue weighted by Gasteiger charge is -2.20. The second-order valence-corrected chi connectivity index (χ2v) is 4.45. The zero-order valence-electron chi connectivity index (χ0n) is 9.55. The lowest BCUT2D eigenvalue weighted by atomic mass is 10.0. The smallest absolute Gasteiger partial charge is 0.320 e. The maximum Gasteiger partial charge on any atom is 0.320 e. The number of urea groups is 1. The molecule has 0 spiro atoms. The minimum absolute atomic E-state index is 0.0683. The Balaban J connectivity index is 2.59. The number of carbonyl (C=O) groups is 1. The lowest BCUT2D eigenvalue weighted by Crippen LogP contribution is -2.37. The summed E-state index contributed by atoms with van der Waals surface area (Å²) in [4.78, 5) is 15.0. The summed E-state index contributed by atoms with van der Waals surface area (Å²) in [6, 6.07) is 0.129. The molecule has 0 saturated carbocycles. The third-order valence-corrected chi connectivity index (χ3v) is 2.89. The minimum Gasteiger partial charge on any atom is -0.394 e. The van der Waals surface area contributed by atoms with Crippen molar-refractivity contribution in [2.24, 2.45) is 5.92 Å². The van der Waals surface area contributed by atoms with E-state index in [0.29, 0.717) is 12.5 Å². The summed E-state index contributed by atoms with van der Waals surface area (Å²) < 4.78 is 0. The molecule has 0 aromatic rings. The van der Waals surface area contributed by atoms with E-state index in [0.717, 1.165) is 0 Å². The first-order valence-corrected chi connectivity index (χ1v) is 5.28. The summed E-state index contributed by atoms with van der Waals surface area (Å²) in [6.07, 6.45) is -0.840. The van der Waals surface area contributed by atoms with Crippen molar-refractivity contribution in [3.8, 4) is 0 Å². The van der Waals surface area contributed by atoms with Crippen molar-refractivity contribution in [3.05, 3.63) is 0 Å². The standard InChI is InChI=1S/C10H20N2O3/c1-7(2)9-5-12(4-8(14)6-13)10(15)11(9)3/h7-9,13-14H,4-6H2,1-3H3. The van der Waals surface area contributed by atoms with Crippen molar-refractivity contribution >= 4 is 6.03 Å². The van der Waals surface area contributed by atoms with Crippen molar-refractivity contribution in [2.75, 3.05) is 26.7 Å². The van der Waals surface area contributed by atoms with Crippen LogP contribution in [0.3, 0.4) is 0 Å². The highest BCUT2D eigenvalue weighted by molar-refractivity contribution is 5.77. The molecule has 0 radical (unpaired) electrons. The maximum absolute atomic E-state index is 11.7. The van der Waals surface area contributed by atoms with Crippen LogP contribution in [-0.4, -0.2) is 64.9 Å². The number of β-amino-alcohol motifs (C(OH)–C–C–N with tert-alkyl or cyclic N) is 1. The first-order valence-electron chi connectivity index (χ1n) is 5.28. The molecule has 1 saturated heterocycles. The molecule has 5 heteroatoms. The molecule has 2 atom stereocenters. The molecule has 0 aromatic carbocycles. The van der Waals surface area contributed by atoms with Gasteiger partial charge in [0.2, 0.25) is 0 Å². The number of hydrogen-bond donors (Lipinski definition) is 2. The molecule has 2 amide bonds. The molecule has 1 heterocycles. The highest BCUT2D eigenvalue weighted by Gasteiger charge is 2.36. The van der Waals surface area contributed by atoms with E-state index in [1.54, 1.807) is 16.8 Å². The molecule has 0 aliphatic carbocycles. The predicted molar refractivity (Wildman–Crippen MR) is 56.5 cm³/mol. The number of nitrogens with zero attached hydrogens (tertiary/aromatic N) is 2. The average Bonchev–Trinajstić information content (AvgIpc) is 2.46. The van der Waals surface area contributed by atoms with Crippen LogP contribution >= 0.6 is 0 Å². The topological polar surface area (TPSA) is 64.0 Å². The molecule has 2 unspecified atom stereocenters. The van der Waals surface area contributed by atoms with Crippen LogP contribution < -0.4 is 0 Å². The molecular weight excluding hydrogens is 196 g/mol. The number of likely N-dealkylation sites (N-methyl/N-ethyl adjacent to an activating group) is 1. The third kappa shape index (κ3) is 2.60. The Hall–Kier alpha value is -0.810. The molecule has 1 fully saturated rings. The van der Waals surface area contributed by atoms with Crippen LogP contribution in [0.15, 0.2) is 0 Å². The third-order valence-electron chi connectivity index (χ3n) is 2.89. The van der Waals surface area contributed by atoms with Crippen LogP contribution in [0.1, 0.15) is 13.8 Å². The SMILES string of the molecule is CC(C)C1CN(CC(O)CO)C(=O)N1C. The number of amides is 2. The highest BCUT2D eigenvalue weighted by Crippen LogP contribution is 2.20. The second kappa shape index (κ2) is 4.81. The number of aliphatic hydroxyl groups excluding tert-OH is 2. The summed E-state index contributed by atoms with van der Waals surface area (Å²) in [5.74, 6) is 0.398. The highest BCUT2D eigenvalue weighted by atomic mass is 16.3. The quantitative estimate of drug-likeness (QED) is 0.680. The minimum atomic E-state index is -0.840. The normalized spacial score (nSPS) is 24.1. The Kier molecular flexibility index (Phi) is 3.93. The van der Waals surface area contributed by atoms with Crippen LogP contribution in [0.25, 0.3) is 0 Å².